The fourth-order valence-corrected chi connectivity index (χ4v) is 4.56. The fraction of sp³-hybridized carbons (Fsp3) is 0. The van der Waals surface area contributed by atoms with E-state index in [1.807, 2.05) is 79.4 Å². The molecule has 4 heterocycles. The zero-order valence-corrected chi connectivity index (χ0v) is 20.6. The van der Waals surface area contributed by atoms with Crippen LogP contribution < -0.4 is 10.8 Å². The van der Waals surface area contributed by atoms with Crippen molar-refractivity contribution >= 4 is 40.4 Å². The summed E-state index contributed by atoms with van der Waals surface area (Å²) in [6.45, 7) is 7.85. The molecule has 0 unspecified atom stereocenters. The highest BCUT2D eigenvalue weighted by Crippen LogP contribution is 2.30. The molecule has 7 nitrogen and oxygen atoms in total. The number of H-pyrrole nitrogens is 3. The fourth-order valence-electron chi connectivity index (χ4n) is 4.56. The zero-order valence-electron chi connectivity index (χ0n) is 20.6. The third-order valence-corrected chi connectivity index (χ3v) is 6.42. The van der Waals surface area contributed by atoms with Crippen molar-refractivity contribution in [2.45, 2.75) is 0 Å². The average molecular weight is 496 g/mol. The van der Waals surface area contributed by atoms with Crippen LogP contribution in [0, 0.1) is 0 Å². The lowest BCUT2D eigenvalue weighted by Gasteiger charge is -2.03. The molecule has 0 bridgehead atoms. The molecule has 6 rings (SSSR count). The Labute approximate surface area is 219 Å². The summed E-state index contributed by atoms with van der Waals surface area (Å²) in [5.41, 5.74) is 6.98. The summed E-state index contributed by atoms with van der Waals surface area (Å²) < 4.78 is 0. The normalized spacial score (nSPS) is 11.5. The van der Waals surface area contributed by atoms with Gasteiger partial charge < -0.3 is 20.3 Å². The van der Waals surface area contributed by atoms with E-state index in [1.165, 1.54) is 6.33 Å². The van der Waals surface area contributed by atoms with Crippen LogP contribution in [0.15, 0.2) is 110 Å². The van der Waals surface area contributed by atoms with Crippen LogP contribution in [0.3, 0.4) is 0 Å². The summed E-state index contributed by atoms with van der Waals surface area (Å²) in [7, 11) is 0. The van der Waals surface area contributed by atoms with E-state index in [9.17, 15) is 0 Å². The van der Waals surface area contributed by atoms with Crippen molar-refractivity contribution in [3.05, 3.63) is 122 Å². The molecule has 0 radical (unpaired) electrons. The molecule has 184 valence electrons. The monoisotopic (exact) mass is 495 g/mol. The van der Waals surface area contributed by atoms with E-state index in [-0.39, 0.29) is 0 Å². The van der Waals surface area contributed by atoms with Gasteiger partial charge in [-0.25, -0.2) is 15.0 Å². The van der Waals surface area contributed by atoms with Crippen molar-refractivity contribution in [2.24, 2.45) is 4.99 Å². The van der Waals surface area contributed by atoms with Crippen LogP contribution in [0.4, 0.5) is 17.5 Å². The number of hydrogen-bond acceptors (Lipinski definition) is 4. The second-order valence-electron chi connectivity index (χ2n) is 8.72. The Balaban J connectivity index is 1.35. The van der Waals surface area contributed by atoms with Crippen molar-refractivity contribution in [2.75, 3.05) is 5.32 Å². The molecule has 0 amide bonds. The molecule has 0 saturated carbocycles. The highest BCUT2D eigenvalue weighted by Gasteiger charge is 2.10. The van der Waals surface area contributed by atoms with Crippen molar-refractivity contribution in [3.8, 4) is 22.3 Å². The van der Waals surface area contributed by atoms with Gasteiger partial charge in [0, 0.05) is 46.7 Å². The Morgan fingerprint density at radius 3 is 2.13 bits per heavy atom. The number of nitrogens with zero attached hydrogens (tertiary/aromatic N) is 3. The van der Waals surface area contributed by atoms with Crippen molar-refractivity contribution < 1.29 is 0 Å². The minimum atomic E-state index is 0.555. The number of nitrogens with one attached hydrogen (secondary N) is 4. The molecular weight excluding hydrogens is 470 g/mol. The van der Waals surface area contributed by atoms with E-state index >= 15 is 0 Å². The second-order valence-corrected chi connectivity index (χ2v) is 8.72. The van der Waals surface area contributed by atoms with Gasteiger partial charge in [0.15, 0.2) is 5.49 Å². The Bertz CT molecular complexity index is 1850. The van der Waals surface area contributed by atoms with Gasteiger partial charge in [0.25, 0.3) is 0 Å². The Morgan fingerprint density at radius 2 is 1.39 bits per heavy atom. The largest absolute Gasteiger partial charge is 0.366 e. The summed E-state index contributed by atoms with van der Waals surface area (Å²) in [6, 6.07) is 20.3. The summed E-state index contributed by atoms with van der Waals surface area (Å²) in [5, 5.41) is 5.11. The molecule has 0 atom stereocenters. The number of aromatic amines is 3. The molecule has 7 heteroatoms. The number of fused-ring (bicyclic) bond motifs is 1. The highest BCUT2D eigenvalue weighted by molar-refractivity contribution is 5.92. The van der Waals surface area contributed by atoms with Crippen LogP contribution in [0.25, 0.3) is 45.2 Å². The van der Waals surface area contributed by atoms with Gasteiger partial charge in [0.05, 0.1) is 0 Å². The van der Waals surface area contributed by atoms with E-state index < -0.39 is 0 Å². The molecule has 0 spiro atoms. The molecule has 0 saturated heterocycles. The number of hydrogen-bond donors (Lipinski definition) is 4. The van der Waals surface area contributed by atoms with Gasteiger partial charge >= 0.3 is 0 Å². The topological polar surface area (TPSA) is 97.5 Å². The van der Waals surface area contributed by atoms with Gasteiger partial charge in [-0.2, -0.15) is 0 Å². The minimum Gasteiger partial charge on any atom is -0.366 e. The predicted molar refractivity (Wildman–Crippen MR) is 155 cm³/mol. The molecule has 0 fully saturated rings. The predicted octanol–water partition coefficient (Wildman–Crippen LogP) is 7.21. The molecule has 2 aromatic carbocycles. The van der Waals surface area contributed by atoms with Crippen LogP contribution in [0.2, 0.25) is 0 Å². The first kappa shape index (κ1) is 23.0. The quantitative estimate of drug-likeness (QED) is 0.188. The van der Waals surface area contributed by atoms with Crippen LogP contribution in [0.1, 0.15) is 11.1 Å². The average Bonchev–Trinajstić information content (AvgIpc) is 3.71. The molecule has 0 aliphatic rings. The Hall–Kier alpha value is -5.43. The maximum Gasteiger partial charge on any atom is 0.165 e. The van der Waals surface area contributed by atoms with Crippen LogP contribution in [-0.4, -0.2) is 24.9 Å². The first-order valence-electron chi connectivity index (χ1n) is 12.2. The van der Waals surface area contributed by atoms with Gasteiger partial charge in [0.1, 0.15) is 23.8 Å². The first-order valence-corrected chi connectivity index (χ1v) is 12.2. The molecular formula is C31H25N7. The number of anilines is 2. The van der Waals surface area contributed by atoms with Crippen LogP contribution in [-0.2, 0) is 0 Å². The molecule has 0 aliphatic heterocycles. The smallest absolute Gasteiger partial charge is 0.165 e. The van der Waals surface area contributed by atoms with Gasteiger partial charge in [-0.05, 0) is 34.4 Å². The van der Waals surface area contributed by atoms with Crippen molar-refractivity contribution in [1.29, 1.82) is 0 Å². The standard InChI is InChI=1S/C31H25N7/c1-3-20-9-5-7-11-24(20)22-13-28(33-15-22)37-30-26-17-32-18-27(26)31(36-19-35-30)38-29-14-23(16-34-29)25-12-8-6-10-21(25)4-2/h3-19,32-34H,1-2H2,(H,35,36,37,38). The van der Waals surface area contributed by atoms with Crippen molar-refractivity contribution in [1.82, 2.24) is 24.9 Å². The lowest BCUT2D eigenvalue weighted by atomic mass is 10.0. The highest BCUT2D eigenvalue weighted by atomic mass is 15.1. The SMILES string of the molecule is C=Cc1ccccc1-c1c[nH]c(/N=c2\ncnc(Nc3cc(-c4ccccc4C=C)c[nH]3)c3c[nH]cc23)c1. The second kappa shape index (κ2) is 9.91. The van der Waals surface area contributed by atoms with Crippen LogP contribution >= 0.6 is 0 Å². The van der Waals surface area contributed by atoms with Gasteiger partial charge in [-0.3, -0.25) is 0 Å². The molecule has 4 N–H and O–H groups in total. The lowest BCUT2D eigenvalue weighted by Crippen LogP contribution is -2.03. The third-order valence-electron chi connectivity index (χ3n) is 6.42. The van der Waals surface area contributed by atoms with E-state index in [0.29, 0.717) is 17.1 Å². The molecule has 4 aromatic heterocycles. The van der Waals surface area contributed by atoms with E-state index in [1.54, 1.807) is 0 Å². The maximum atomic E-state index is 4.80. The van der Waals surface area contributed by atoms with E-state index in [0.717, 1.165) is 50.0 Å². The maximum absolute atomic E-state index is 4.80. The van der Waals surface area contributed by atoms with E-state index in [2.05, 4.69) is 61.6 Å². The van der Waals surface area contributed by atoms with Gasteiger partial charge in [-0.1, -0.05) is 73.8 Å². The number of aromatic nitrogens is 5. The number of benzene rings is 2. The summed E-state index contributed by atoms with van der Waals surface area (Å²) in [6.07, 6.45) is 12.9. The first-order chi connectivity index (χ1) is 18.7. The number of rotatable bonds is 7. The van der Waals surface area contributed by atoms with Crippen molar-refractivity contribution in [3.63, 3.8) is 0 Å². The molecule has 38 heavy (non-hydrogen) atoms. The Kier molecular flexibility index (Phi) is 6.00. The molecule has 6 aromatic rings. The Morgan fingerprint density at radius 1 is 0.737 bits per heavy atom. The zero-order chi connectivity index (χ0) is 25.9. The van der Waals surface area contributed by atoms with Gasteiger partial charge in [0.2, 0.25) is 0 Å². The van der Waals surface area contributed by atoms with E-state index in [4.69, 9.17) is 4.99 Å². The lowest BCUT2D eigenvalue weighted by molar-refractivity contribution is 1.12. The minimum absolute atomic E-state index is 0.555. The van der Waals surface area contributed by atoms with Gasteiger partial charge in [-0.15, -0.1) is 0 Å². The summed E-state index contributed by atoms with van der Waals surface area (Å²) in [5.74, 6) is 2.17. The van der Waals surface area contributed by atoms with Crippen LogP contribution in [0.5, 0.6) is 0 Å². The summed E-state index contributed by atoms with van der Waals surface area (Å²) in [4.78, 5) is 23.6. The summed E-state index contributed by atoms with van der Waals surface area (Å²) >= 11 is 0. The molecule has 0 aliphatic carbocycles. The third kappa shape index (κ3) is 4.33.